The van der Waals surface area contributed by atoms with Gasteiger partial charge in [0.2, 0.25) is 0 Å². The molecular formula is C10H18N2. The quantitative estimate of drug-likeness (QED) is 0.666. The molecule has 0 spiro atoms. The van der Waals surface area contributed by atoms with Gasteiger partial charge in [0.25, 0.3) is 0 Å². The Balaban J connectivity index is 1.74. The summed E-state index contributed by atoms with van der Waals surface area (Å²) in [5.74, 6) is 1.25. The monoisotopic (exact) mass is 166 g/mol. The second kappa shape index (κ2) is 3.08. The predicted molar refractivity (Wildman–Crippen MR) is 51.5 cm³/mol. The molecule has 68 valence electrons. The fourth-order valence-electron chi connectivity index (χ4n) is 1.96. The molecule has 12 heavy (non-hydrogen) atoms. The molecule has 0 bridgehead atoms. The highest BCUT2D eigenvalue weighted by molar-refractivity contribution is 5.83. The lowest BCUT2D eigenvalue weighted by Gasteiger charge is -2.38. The summed E-state index contributed by atoms with van der Waals surface area (Å²) in [5, 5.41) is 3.47. The fraction of sp³-hybridized carbons (Fsp3) is 0.900. The number of rotatable bonds is 2. The van der Waals surface area contributed by atoms with E-state index < -0.39 is 0 Å². The van der Waals surface area contributed by atoms with E-state index in [0.29, 0.717) is 5.41 Å². The lowest BCUT2D eigenvalue weighted by Crippen LogP contribution is -2.39. The van der Waals surface area contributed by atoms with Gasteiger partial charge in [-0.1, -0.05) is 13.3 Å². The van der Waals surface area contributed by atoms with E-state index in [9.17, 15) is 0 Å². The summed E-state index contributed by atoms with van der Waals surface area (Å²) in [4.78, 5) is 4.40. The lowest BCUT2D eigenvalue weighted by molar-refractivity contribution is 0.165. The zero-order chi connectivity index (χ0) is 8.44. The smallest absolute Gasteiger partial charge is 0.0963 e. The Labute approximate surface area is 74.5 Å². The van der Waals surface area contributed by atoms with Crippen LogP contribution >= 0.6 is 0 Å². The summed E-state index contributed by atoms with van der Waals surface area (Å²) in [7, 11) is 0. The standard InChI is InChI=1S/C10H18N2/c1-10(5-3-6-10)8-12-9-4-2-7-11-9/h2-8H2,1H3,(H,11,12). The molecule has 0 unspecified atom stereocenters. The molecule has 2 rings (SSSR count). The van der Waals surface area contributed by atoms with Crippen LogP contribution in [-0.2, 0) is 0 Å². The van der Waals surface area contributed by atoms with E-state index in [2.05, 4.69) is 17.2 Å². The third kappa shape index (κ3) is 1.62. The number of hydrogen-bond acceptors (Lipinski definition) is 2. The summed E-state index contributed by atoms with van der Waals surface area (Å²) in [6.45, 7) is 4.56. The summed E-state index contributed by atoms with van der Waals surface area (Å²) in [6, 6.07) is 0. The number of amidine groups is 1. The Morgan fingerprint density at radius 1 is 1.42 bits per heavy atom. The van der Waals surface area contributed by atoms with Crippen molar-refractivity contribution in [1.29, 1.82) is 0 Å². The predicted octanol–water partition coefficient (Wildman–Crippen LogP) is 1.96. The van der Waals surface area contributed by atoms with E-state index in [0.717, 1.165) is 13.1 Å². The molecule has 0 amide bonds. The molecule has 0 atom stereocenters. The van der Waals surface area contributed by atoms with Crippen LogP contribution in [0.1, 0.15) is 39.0 Å². The summed E-state index contributed by atoms with van der Waals surface area (Å²) < 4.78 is 0. The minimum Gasteiger partial charge on any atom is -0.373 e. The first-order valence-corrected chi connectivity index (χ1v) is 5.06. The molecular weight excluding hydrogens is 148 g/mol. The third-order valence-electron chi connectivity index (χ3n) is 3.15. The van der Waals surface area contributed by atoms with Crippen LogP contribution in [0.4, 0.5) is 0 Å². The molecule has 0 aromatic carbocycles. The lowest BCUT2D eigenvalue weighted by atomic mass is 9.70. The highest BCUT2D eigenvalue weighted by Gasteiger charge is 2.31. The van der Waals surface area contributed by atoms with Crippen molar-refractivity contribution in [3.8, 4) is 0 Å². The van der Waals surface area contributed by atoms with Gasteiger partial charge in [-0.15, -0.1) is 0 Å². The Kier molecular flexibility index (Phi) is 2.07. The van der Waals surface area contributed by atoms with Crippen LogP contribution in [0.25, 0.3) is 0 Å². The van der Waals surface area contributed by atoms with E-state index in [4.69, 9.17) is 0 Å². The first kappa shape index (κ1) is 8.09. The minimum absolute atomic E-state index is 0.588. The second-order valence-electron chi connectivity index (χ2n) is 4.45. The van der Waals surface area contributed by atoms with Gasteiger partial charge in [0.15, 0.2) is 0 Å². The zero-order valence-corrected chi connectivity index (χ0v) is 7.90. The van der Waals surface area contributed by atoms with E-state index >= 15 is 0 Å². The van der Waals surface area contributed by atoms with Crippen LogP contribution < -0.4 is 5.32 Å². The van der Waals surface area contributed by atoms with Crippen LogP contribution in [0.2, 0.25) is 0 Å². The summed E-state index contributed by atoms with van der Waals surface area (Å²) in [5.41, 5.74) is 0.588. The Morgan fingerprint density at radius 2 is 2.25 bits per heavy atom. The Hall–Kier alpha value is -0.530. The van der Waals surface area contributed by atoms with Crippen molar-refractivity contribution >= 4 is 5.84 Å². The topological polar surface area (TPSA) is 24.4 Å². The Bertz CT molecular complexity index is 192. The van der Waals surface area contributed by atoms with E-state index in [1.807, 2.05) is 0 Å². The molecule has 1 aliphatic heterocycles. The normalized spacial score (nSPS) is 26.2. The van der Waals surface area contributed by atoms with Gasteiger partial charge >= 0.3 is 0 Å². The molecule has 0 aromatic heterocycles. The molecule has 2 nitrogen and oxygen atoms in total. The van der Waals surface area contributed by atoms with Gasteiger partial charge in [-0.05, 0) is 24.7 Å². The maximum Gasteiger partial charge on any atom is 0.0963 e. The van der Waals surface area contributed by atoms with Gasteiger partial charge in [0, 0.05) is 19.5 Å². The average molecular weight is 166 g/mol. The van der Waals surface area contributed by atoms with Gasteiger partial charge in [-0.2, -0.15) is 0 Å². The number of hydrogen-bond donors (Lipinski definition) is 1. The molecule has 1 heterocycles. The third-order valence-corrected chi connectivity index (χ3v) is 3.15. The summed E-state index contributed by atoms with van der Waals surface area (Å²) in [6.07, 6.45) is 6.64. The summed E-state index contributed by atoms with van der Waals surface area (Å²) >= 11 is 0. The average Bonchev–Trinajstić information content (AvgIpc) is 2.49. The second-order valence-corrected chi connectivity index (χ2v) is 4.45. The SMILES string of the molecule is CC1(CNC2=NCCC2)CCC1. The number of nitrogens with zero attached hydrogens (tertiary/aromatic N) is 1. The highest BCUT2D eigenvalue weighted by atomic mass is 15.0. The highest BCUT2D eigenvalue weighted by Crippen LogP contribution is 2.39. The maximum atomic E-state index is 4.40. The van der Waals surface area contributed by atoms with Crippen LogP contribution in [0, 0.1) is 5.41 Å². The largest absolute Gasteiger partial charge is 0.373 e. The van der Waals surface area contributed by atoms with Crippen molar-refractivity contribution in [1.82, 2.24) is 5.32 Å². The molecule has 1 fully saturated rings. The van der Waals surface area contributed by atoms with Crippen LogP contribution in [-0.4, -0.2) is 18.9 Å². The van der Waals surface area contributed by atoms with Gasteiger partial charge in [-0.25, -0.2) is 0 Å². The van der Waals surface area contributed by atoms with Crippen LogP contribution in [0.3, 0.4) is 0 Å². The van der Waals surface area contributed by atoms with Gasteiger partial charge in [-0.3, -0.25) is 4.99 Å². The molecule has 0 saturated heterocycles. The molecule has 2 aliphatic rings. The van der Waals surface area contributed by atoms with Crippen molar-refractivity contribution in [2.24, 2.45) is 10.4 Å². The van der Waals surface area contributed by atoms with Crippen molar-refractivity contribution < 1.29 is 0 Å². The zero-order valence-electron chi connectivity index (χ0n) is 7.90. The van der Waals surface area contributed by atoms with Crippen molar-refractivity contribution in [3.05, 3.63) is 0 Å². The van der Waals surface area contributed by atoms with Crippen molar-refractivity contribution in [2.75, 3.05) is 13.1 Å². The van der Waals surface area contributed by atoms with Crippen molar-refractivity contribution in [2.45, 2.75) is 39.0 Å². The van der Waals surface area contributed by atoms with Crippen LogP contribution in [0.5, 0.6) is 0 Å². The minimum atomic E-state index is 0.588. The number of aliphatic imine (C=N–C) groups is 1. The Morgan fingerprint density at radius 3 is 2.75 bits per heavy atom. The van der Waals surface area contributed by atoms with Gasteiger partial charge in [0.05, 0.1) is 5.84 Å². The molecule has 2 heteroatoms. The number of nitrogens with one attached hydrogen (secondary N) is 1. The van der Waals surface area contributed by atoms with E-state index in [-0.39, 0.29) is 0 Å². The first-order valence-electron chi connectivity index (χ1n) is 5.06. The molecule has 1 aliphatic carbocycles. The molecule has 0 radical (unpaired) electrons. The van der Waals surface area contributed by atoms with Gasteiger partial charge in [0.1, 0.15) is 0 Å². The molecule has 0 aromatic rings. The fourth-order valence-corrected chi connectivity index (χ4v) is 1.96. The molecule has 1 N–H and O–H groups in total. The van der Waals surface area contributed by atoms with Gasteiger partial charge < -0.3 is 5.32 Å². The molecule has 1 saturated carbocycles. The van der Waals surface area contributed by atoms with E-state index in [1.165, 1.54) is 37.9 Å². The van der Waals surface area contributed by atoms with Crippen molar-refractivity contribution in [3.63, 3.8) is 0 Å². The first-order chi connectivity index (χ1) is 5.79. The van der Waals surface area contributed by atoms with Crippen LogP contribution in [0.15, 0.2) is 4.99 Å². The maximum absolute atomic E-state index is 4.40. The van der Waals surface area contributed by atoms with E-state index in [1.54, 1.807) is 0 Å².